The summed E-state index contributed by atoms with van der Waals surface area (Å²) in [7, 11) is 0. The highest BCUT2D eigenvalue weighted by Gasteiger charge is 2.15. The molecule has 0 fully saturated rings. The van der Waals surface area contributed by atoms with E-state index in [0.717, 1.165) is 17.3 Å². The molecule has 0 saturated carbocycles. The number of fused-ring (bicyclic) bond motifs is 1. The molecule has 1 N–H and O–H groups in total. The van der Waals surface area contributed by atoms with Gasteiger partial charge in [0.05, 0.1) is 28.3 Å². The number of nitriles is 1. The lowest BCUT2D eigenvalue weighted by atomic mass is 10.2. The molecule has 152 valence electrons. The van der Waals surface area contributed by atoms with Crippen LogP contribution in [0.5, 0.6) is 0 Å². The summed E-state index contributed by atoms with van der Waals surface area (Å²) in [6.45, 7) is 1.92. The van der Waals surface area contributed by atoms with Crippen LogP contribution in [0.25, 0.3) is 16.7 Å². The Hall–Kier alpha value is -3.96. The summed E-state index contributed by atoms with van der Waals surface area (Å²) < 4.78 is 1.43. The van der Waals surface area contributed by atoms with Crippen molar-refractivity contribution in [2.45, 2.75) is 12.1 Å². The molecule has 1 amide bonds. The van der Waals surface area contributed by atoms with Crippen molar-refractivity contribution in [1.82, 2.24) is 14.5 Å². The molecule has 2 heterocycles. The molecule has 0 aliphatic heterocycles. The Morgan fingerprint density at radius 2 is 2.00 bits per heavy atom. The van der Waals surface area contributed by atoms with Crippen LogP contribution in [0.3, 0.4) is 0 Å². The van der Waals surface area contributed by atoms with Gasteiger partial charge >= 0.3 is 0 Å². The van der Waals surface area contributed by atoms with Crippen molar-refractivity contribution in [3.8, 4) is 11.9 Å². The highest BCUT2D eigenvalue weighted by Crippen LogP contribution is 2.21. The number of anilines is 1. The topological polar surface area (TPSA) is 101 Å². The van der Waals surface area contributed by atoms with Gasteiger partial charge < -0.3 is 5.32 Å². The number of pyridine rings is 1. The van der Waals surface area contributed by atoms with Crippen molar-refractivity contribution < 1.29 is 4.79 Å². The molecule has 0 unspecified atom stereocenters. The molecule has 0 spiro atoms. The fourth-order valence-electron chi connectivity index (χ4n) is 3.00. The smallest absolute Gasteiger partial charge is 0.267 e. The van der Waals surface area contributed by atoms with Crippen LogP contribution in [-0.4, -0.2) is 26.2 Å². The van der Waals surface area contributed by atoms with Crippen molar-refractivity contribution in [3.05, 3.63) is 88.3 Å². The van der Waals surface area contributed by atoms with E-state index in [0.29, 0.717) is 33.1 Å². The number of rotatable bonds is 5. The summed E-state index contributed by atoms with van der Waals surface area (Å²) in [5, 5.41) is 12.6. The van der Waals surface area contributed by atoms with Gasteiger partial charge in [-0.25, -0.2) is 14.5 Å². The molecule has 0 bridgehead atoms. The molecule has 2 aromatic carbocycles. The minimum absolute atomic E-state index is 0.0351. The second-order valence-corrected chi connectivity index (χ2v) is 7.72. The first-order valence-electron chi connectivity index (χ1n) is 9.43. The molecule has 8 heteroatoms. The van der Waals surface area contributed by atoms with Gasteiger partial charge in [-0.2, -0.15) is 5.26 Å². The first-order valence-corrected chi connectivity index (χ1v) is 10.4. The second kappa shape index (κ2) is 8.81. The maximum Gasteiger partial charge on any atom is 0.267 e. The second-order valence-electron chi connectivity index (χ2n) is 6.78. The standard InChI is InChI=1S/C23H17N5O2S/c1-15-9-10-20(25-13-15)28-22(30)18-7-2-3-8-19(18)27-23(28)31-14-21(29)26-17-6-4-5-16(11-17)12-24/h2-11,13H,14H2,1H3,(H,26,29). The number of aryl methyl sites for hydroxylation is 1. The zero-order chi connectivity index (χ0) is 21.8. The summed E-state index contributed by atoms with van der Waals surface area (Å²) in [6.07, 6.45) is 1.68. The van der Waals surface area contributed by atoms with Gasteiger partial charge in [-0.15, -0.1) is 0 Å². The van der Waals surface area contributed by atoms with Crippen molar-refractivity contribution in [2.75, 3.05) is 11.1 Å². The zero-order valence-corrected chi connectivity index (χ0v) is 17.4. The Kier molecular flexibility index (Phi) is 5.78. The average Bonchev–Trinajstić information content (AvgIpc) is 2.79. The molecule has 0 saturated heterocycles. The third-order valence-electron chi connectivity index (χ3n) is 4.48. The van der Waals surface area contributed by atoms with E-state index in [1.165, 1.54) is 4.57 Å². The van der Waals surface area contributed by atoms with Crippen LogP contribution in [0.4, 0.5) is 5.69 Å². The Morgan fingerprint density at radius 3 is 2.77 bits per heavy atom. The molecule has 7 nitrogen and oxygen atoms in total. The molecular formula is C23H17N5O2S. The van der Waals surface area contributed by atoms with E-state index >= 15 is 0 Å². The van der Waals surface area contributed by atoms with Crippen LogP contribution >= 0.6 is 11.8 Å². The minimum Gasteiger partial charge on any atom is -0.325 e. The monoisotopic (exact) mass is 427 g/mol. The number of carbonyl (C=O) groups is 1. The Bertz CT molecular complexity index is 1370. The van der Waals surface area contributed by atoms with Crippen LogP contribution in [0.15, 0.2) is 76.8 Å². The lowest BCUT2D eigenvalue weighted by Gasteiger charge is -2.12. The molecule has 31 heavy (non-hydrogen) atoms. The summed E-state index contributed by atoms with van der Waals surface area (Å²) in [5.74, 6) is 0.206. The van der Waals surface area contributed by atoms with Gasteiger partial charge in [-0.05, 0) is 48.9 Å². The first-order chi connectivity index (χ1) is 15.0. The number of benzene rings is 2. The fourth-order valence-corrected chi connectivity index (χ4v) is 3.80. The lowest BCUT2D eigenvalue weighted by Crippen LogP contribution is -2.23. The van der Waals surface area contributed by atoms with Crippen molar-refractivity contribution >= 4 is 34.3 Å². The van der Waals surface area contributed by atoms with Gasteiger partial charge in [0.2, 0.25) is 5.91 Å². The number of thioether (sulfide) groups is 1. The van der Waals surface area contributed by atoms with E-state index in [1.54, 1.807) is 54.7 Å². The quantitative estimate of drug-likeness (QED) is 0.385. The summed E-state index contributed by atoms with van der Waals surface area (Å²) in [5.41, 5.74) is 2.28. The third-order valence-corrected chi connectivity index (χ3v) is 5.42. The third kappa shape index (κ3) is 4.47. The molecule has 0 aliphatic rings. The number of hydrogen-bond donors (Lipinski definition) is 1. The molecule has 2 aromatic heterocycles. The van der Waals surface area contributed by atoms with E-state index in [9.17, 15) is 9.59 Å². The number of para-hydroxylation sites is 1. The molecular weight excluding hydrogens is 410 g/mol. The summed E-state index contributed by atoms with van der Waals surface area (Å²) >= 11 is 1.15. The number of nitrogens with zero attached hydrogens (tertiary/aromatic N) is 4. The molecule has 4 rings (SSSR count). The summed E-state index contributed by atoms with van der Waals surface area (Å²) in [6, 6.07) is 19.4. The van der Waals surface area contributed by atoms with E-state index < -0.39 is 0 Å². The van der Waals surface area contributed by atoms with Gasteiger partial charge in [0.1, 0.15) is 5.82 Å². The Morgan fingerprint density at radius 1 is 1.16 bits per heavy atom. The lowest BCUT2D eigenvalue weighted by molar-refractivity contribution is -0.113. The van der Waals surface area contributed by atoms with Gasteiger partial charge in [0.25, 0.3) is 5.56 Å². The fraction of sp³-hybridized carbons (Fsp3) is 0.0870. The van der Waals surface area contributed by atoms with Crippen LogP contribution in [0, 0.1) is 18.3 Å². The number of aromatic nitrogens is 3. The maximum atomic E-state index is 13.2. The predicted molar refractivity (Wildman–Crippen MR) is 120 cm³/mol. The van der Waals surface area contributed by atoms with Crippen LogP contribution in [0.2, 0.25) is 0 Å². The van der Waals surface area contributed by atoms with E-state index in [-0.39, 0.29) is 17.2 Å². The molecule has 4 aromatic rings. The normalized spacial score (nSPS) is 10.6. The van der Waals surface area contributed by atoms with Gasteiger partial charge in [-0.3, -0.25) is 9.59 Å². The van der Waals surface area contributed by atoms with Gasteiger partial charge in [-0.1, -0.05) is 36.0 Å². The SMILES string of the molecule is Cc1ccc(-n2c(SCC(=O)Nc3cccc(C#N)c3)nc3ccccc3c2=O)nc1. The van der Waals surface area contributed by atoms with E-state index in [4.69, 9.17) is 5.26 Å². The van der Waals surface area contributed by atoms with Crippen molar-refractivity contribution in [3.63, 3.8) is 0 Å². The van der Waals surface area contributed by atoms with Crippen molar-refractivity contribution in [2.24, 2.45) is 0 Å². The Labute approximate surface area is 182 Å². The molecule has 0 atom stereocenters. The van der Waals surface area contributed by atoms with Crippen LogP contribution < -0.4 is 10.9 Å². The van der Waals surface area contributed by atoms with E-state index in [2.05, 4.69) is 15.3 Å². The highest BCUT2D eigenvalue weighted by atomic mass is 32.2. The van der Waals surface area contributed by atoms with Gasteiger partial charge in [0.15, 0.2) is 5.16 Å². The minimum atomic E-state index is -0.272. The van der Waals surface area contributed by atoms with E-state index in [1.807, 2.05) is 25.1 Å². The van der Waals surface area contributed by atoms with Crippen molar-refractivity contribution in [1.29, 1.82) is 5.26 Å². The largest absolute Gasteiger partial charge is 0.325 e. The number of nitrogens with one attached hydrogen (secondary N) is 1. The maximum absolute atomic E-state index is 13.2. The average molecular weight is 427 g/mol. The van der Waals surface area contributed by atoms with Gasteiger partial charge in [0, 0.05) is 11.9 Å². The van der Waals surface area contributed by atoms with Crippen LogP contribution in [0.1, 0.15) is 11.1 Å². The zero-order valence-electron chi connectivity index (χ0n) is 16.6. The first kappa shape index (κ1) is 20.3. The summed E-state index contributed by atoms with van der Waals surface area (Å²) in [4.78, 5) is 34.6. The highest BCUT2D eigenvalue weighted by molar-refractivity contribution is 7.99. The molecule has 0 radical (unpaired) electrons. The Balaban J connectivity index is 1.65. The number of amides is 1. The predicted octanol–water partition coefficient (Wildman–Crippen LogP) is 3.69. The molecule has 0 aliphatic carbocycles. The number of carbonyl (C=O) groups excluding carboxylic acids is 1. The number of hydrogen-bond acceptors (Lipinski definition) is 6. The van der Waals surface area contributed by atoms with Crippen LogP contribution in [-0.2, 0) is 4.79 Å².